The van der Waals surface area contributed by atoms with Crippen molar-refractivity contribution in [3.05, 3.63) is 29.3 Å². The zero-order valence-electron chi connectivity index (χ0n) is 13.2. The summed E-state index contributed by atoms with van der Waals surface area (Å²) in [5, 5.41) is 0. The molecule has 1 aliphatic carbocycles. The quantitative estimate of drug-likeness (QED) is 0.743. The lowest BCUT2D eigenvalue weighted by Gasteiger charge is -2.24. The van der Waals surface area contributed by atoms with Crippen molar-refractivity contribution in [2.24, 2.45) is 5.92 Å². The van der Waals surface area contributed by atoms with Gasteiger partial charge in [-0.15, -0.1) is 0 Å². The van der Waals surface area contributed by atoms with Crippen LogP contribution >= 0.6 is 0 Å². The van der Waals surface area contributed by atoms with E-state index in [2.05, 4.69) is 20.8 Å². The Hall–Kier alpha value is -1.31. The van der Waals surface area contributed by atoms with E-state index >= 15 is 0 Å². The van der Waals surface area contributed by atoms with Gasteiger partial charge in [0.15, 0.2) is 5.78 Å². The van der Waals surface area contributed by atoms with Crippen molar-refractivity contribution in [1.29, 1.82) is 0 Å². The predicted molar refractivity (Wildman–Crippen MR) is 82.6 cm³/mol. The second-order valence-electron chi connectivity index (χ2n) is 6.86. The summed E-state index contributed by atoms with van der Waals surface area (Å²) in [5.41, 5.74) is 1.94. The molecule has 0 saturated heterocycles. The first kappa shape index (κ1) is 15.1. The lowest BCUT2D eigenvalue weighted by atomic mass is 9.81. The van der Waals surface area contributed by atoms with E-state index in [9.17, 15) is 4.79 Å². The number of benzene rings is 1. The summed E-state index contributed by atoms with van der Waals surface area (Å²) in [6.07, 6.45) is 5.77. The minimum Gasteiger partial charge on any atom is -0.496 e. The largest absolute Gasteiger partial charge is 0.496 e. The van der Waals surface area contributed by atoms with Crippen molar-refractivity contribution in [1.82, 2.24) is 0 Å². The van der Waals surface area contributed by atoms with Crippen LogP contribution in [0.1, 0.15) is 68.8 Å². The van der Waals surface area contributed by atoms with Crippen LogP contribution < -0.4 is 4.74 Å². The molecule has 0 radical (unpaired) electrons. The van der Waals surface area contributed by atoms with Gasteiger partial charge >= 0.3 is 0 Å². The molecule has 1 fully saturated rings. The Bertz CT molecular complexity index is 477. The van der Waals surface area contributed by atoms with Gasteiger partial charge in [0.05, 0.1) is 7.11 Å². The van der Waals surface area contributed by atoms with E-state index in [1.54, 1.807) is 7.11 Å². The number of carbonyl (C=O) groups is 1. The highest BCUT2D eigenvalue weighted by molar-refractivity contribution is 5.98. The molecule has 2 rings (SSSR count). The van der Waals surface area contributed by atoms with E-state index in [0.29, 0.717) is 5.78 Å². The van der Waals surface area contributed by atoms with Crippen LogP contribution in [-0.4, -0.2) is 12.9 Å². The fourth-order valence-electron chi connectivity index (χ4n) is 3.05. The number of carbonyl (C=O) groups excluding carboxylic acids is 1. The molecule has 1 aromatic rings. The van der Waals surface area contributed by atoms with Crippen molar-refractivity contribution in [2.75, 3.05) is 7.11 Å². The molecule has 0 amide bonds. The van der Waals surface area contributed by atoms with E-state index < -0.39 is 0 Å². The lowest BCUT2D eigenvalue weighted by Crippen LogP contribution is -2.19. The second-order valence-corrected chi connectivity index (χ2v) is 6.86. The highest BCUT2D eigenvalue weighted by atomic mass is 16.5. The van der Waals surface area contributed by atoms with E-state index in [1.165, 1.54) is 19.3 Å². The third-order valence-corrected chi connectivity index (χ3v) is 4.27. The normalized spacial score (nSPS) is 17.0. The van der Waals surface area contributed by atoms with Gasteiger partial charge in [-0.25, -0.2) is 0 Å². The fraction of sp³-hybridized carbons (Fsp3) is 0.611. The van der Waals surface area contributed by atoms with Crippen LogP contribution in [0.2, 0.25) is 0 Å². The van der Waals surface area contributed by atoms with Crippen molar-refractivity contribution >= 4 is 5.78 Å². The van der Waals surface area contributed by atoms with Crippen molar-refractivity contribution in [3.63, 3.8) is 0 Å². The molecule has 0 atom stereocenters. The van der Waals surface area contributed by atoms with Gasteiger partial charge in [-0.2, -0.15) is 0 Å². The molecule has 2 heteroatoms. The van der Waals surface area contributed by atoms with Crippen LogP contribution in [0.4, 0.5) is 0 Å². The van der Waals surface area contributed by atoms with Gasteiger partial charge in [0, 0.05) is 17.0 Å². The first-order chi connectivity index (χ1) is 9.43. The number of hydrogen-bond donors (Lipinski definition) is 0. The summed E-state index contributed by atoms with van der Waals surface area (Å²) in [6, 6.07) is 5.90. The minimum atomic E-state index is -0.0196. The van der Waals surface area contributed by atoms with Gasteiger partial charge in [-0.1, -0.05) is 40.0 Å². The Kier molecular flexibility index (Phi) is 4.52. The lowest BCUT2D eigenvalue weighted by molar-refractivity contribution is 0.0889. The summed E-state index contributed by atoms with van der Waals surface area (Å²) in [7, 11) is 1.69. The summed E-state index contributed by atoms with van der Waals surface area (Å²) >= 11 is 0. The molecule has 0 aromatic heterocycles. The van der Waals surface area contributed by atoms with E-state index in [-0.39, 0.29) is 11.3 Å². The molecule has 0 heterocycles. The topological polar surface area (TPSA) is 26.3 Å². The maximum atomic E-state index is 12.6. The second kappa shape index (κ2) is 5.99. The summed E-state index contributed by atoms with van der Waals surface area (Å²) in [5.74, 6) is 1.42. The van der Waals surface area contributed by atoms with Crippen LogP contribution in [0.25, 0.3) is 0 Å². The highest BCUT2D eigenvalue weighted by Crippen LogP contribution is 2.34. The third-order valence-electron chi connectivity index (χ3n) is 4.27. The fourth-order valence-corrected chi connectivity index (χ4v) is 3.05. The van der Waals surface area contributed by atoms with Gasteiger partial charge in [-0.05, 0) is 36.5 Å². The molecule has 1 aliphatic rings. The average molecular weight is 274 g/mol. The SMILES string of the molecule is COc1ccc(C(=O)C2CCCCC2)cc1C(C)(C)C. The van der Waals surface area contributed by atoms with Crippen LogP contribution in [0.5, 0.6) is 5.75 Å². The maximum absolute atomic E-state index is 12.6. The van der Waals surface area contributed by atoms with Gasteiger partial charge in [-0.3, -0.25) is 4.79 Å². The van der Waals surface area contributed by atoms with E-state index in [4.69, 9.17) is 4.74 Å². The molecule has 1 aromatic carbocycles. The number of ketones is 1. The van der Waals surface area contributed by atoms with E-state index in [0.717, 1.165) is 29.7 Å². The molecular weight excluding hydrogens is 248 g/mol. The summed E-state index contributed by atoms with van der Waals surface area (Å²) < 4.78 is 5.44. The predicted octanol–water partition coefficient (Wildman–Crippen LogP) is 4.76. The van der Waals surface area contributed by atoms with Crippen LogP contribution in [0.3, 0.4) is 0 Å². The Morgan fingerprint density at radius 1 is 1.15 bits per heavy atom. The van der Waals surface area contributed by atoms with Gasteiger partial charge < -0.3 is 4.74 Å². The molecule has 0 N–H and O–H groups in total. The molecule has 0 aliphatic heterocycles. The first-order valence-electron chi connectivity index (χ1n) is 7.66. The Balaban J connectivity index is 2.30. The smallest absolute Gasteiger partial charge is 0.165 e. The van der Waals surface area contributed by atoms with Crippen molar-refractivity contribution in [3.8, 4) is 5.75 Å². The molecule has 0 bridgehead atoms. The molecular formula is C18H26O2. The standard InChI is InChI=1S/C18H26O2/c1-18(2,3)15-12-14(10-11-16(15)20-4)17(19)13-8-6-5-7-9-13/h10-13H,5-9H2,1-4H3. The van der Waals surface area contributed by atoms with Crippen LogP contribution in [-0.2, 0) is 5.41 Å². The molecule has 110 valence electrons. The zero-order chi connectivity index (χ0) is 14.8. The number of Topliss-reactive ketones (excluding diaryl/α,β-unsaturated/α-hetero) is 1. The summed E-state index contributed by atoms with van der Waals surface area (Å²) in [6.45, 7) is 6.46. The maximum Gasteiger partial charge on any atom is 0.165 e. The number of hydrogen-bond acceptors (Lipinski definition) is 2. The summed E-state index contributed by atoms with van der Waals surface area (Å²) in [4.78, 5) is 12.6. The van der Waals surface area contributed by atoms with Crippen LogP contribution in [0, 0.1) is 5.92 Å². The van der Waals surface area contributed by atoms with Gasteiger partial charge in [0.25, 0.3) is 0 Å². The molecule has 1 saturated carbocycles. The molecule has 2 nitrogen and oxygen atoms in total. The number of rotatable bonds is 3. The zero-order valence-corrected chi connectivity index (χ0v) is 13.2. The third kappa shape index (κ3) is 3.23. The van der Waals surface area contributed by atoms with E-state index in [1.807, 2.05) is 18.2 Å². The Morgan fingerprint density at radius 3 is 2.35 bits per heavy atom. The van der Waals surface area contributed by atoms with Crippen LogP contribution in [0.15, 0.2) is 18.2 Å². The van der Waals surface area contributed by atoms with Gasteiger partial charge in [0.2, 0.25) is 0 Å². The Morgan fingerprint density at radius 2 is 1.80 bits per heavy atom. The highest BCUT2D eigenvalue weighted by Gasteiger charge is 2.25. The first-order valence-corrected chi connectivity index (χ1v) is 7.66. The number of methoxy groups -OCH3 is 1. The van der Waals surface area contributed by atoms with Gasteiger partial charge in [0.1, 0.15) is 5.75 Å². The molecule has 0 unspecified atom stereocenters. The van der Waals surface area contributed by atoms with Crippen molar-refractivity contribution < 1.29 is 9.53 Å². The average Bonchev–Trinajstić information content (AvgIpc) is 2.46. The minimum absolute atomic E-state index is 0.0196. The number of ether oxygens (including phenoxy) is 1. The Labute approximate surface area is 122 Å². The van der Waals surface area contributed by atoms with Crippen molar-refractivity contribution in [2.45, 2.75) is 58.3 Å². The monoisotopic (exact) mass is 274 g/mol. The molecule has 20 heavy (non-hydrogen) atoms. The molecule has 0 spiro atoms.